The zero-order valence-corrected chi connectivity index (χ0v) is 16.2. The Morgan fingerprint density at radius 2 is 1.80 bits per heavy atom. The van der Waals surface area contributed by atoms with Gasteiger partial charge in [0.2, 0.25) is 10.0 Å². The second kappa shape index (κ2) is 7.27. The molecule has 7 heteroatoms. The predicted octanol–water partition coefficient (Wildman–Crippen LogP) is 3.16. The molecule has 0 aromatic heterocycles. The van der Waals surface area contributed by atoms with Crippen molar-refractivity contribution in [2.75, 3.05) is 7.05 Å². The highest BCUT2D eigenvalue weighted by Gasteiger charge is 2.38. The van der Waals surface area contributed by atoms with E-state index in [1.807, 2.05) is 0 Å². The van der Waals surface area contributed by atoms with Gasteiger partial charge in [-0.15, -0.1) is 0 Å². The minimum Gasteiger partial charge on any atom is -0.355 e. The summed E-state index contributed by atoms with van der Waals surface area (Å²) in [5.41, 5.74) is 1.41. The Hall–Kier alpha value is -1.70. The van der Waals surface area contributed by atoms with Crippen molar-refractivity contribution >= 4 is 31.9 Å². The molecule has 0 radical (unpaired) electrons. The van der Waals surface area contributed by atoms with Gasteiger partial charge in [-0.25, -0.2) is 8.42 Å². The molecule has 5 nitrogen and oxygen atoms in total. The summed E-state index contributed by atoms with van der Waals surface area (Å²) in [7, 11) is -2.01. The van der Waals surface area contributed by atoms with Crippen molar-refractivity contribution in [3.63, 3.8) is 0 Å². The van der Waals surface area contributed by atoms with Crippen LogP contribution in [0, 0.1) is 0 Å². The lowest BCUT2D eigenvalue weighted by molar-refractivity contribution is 0.0963. The molecule has 132 valence electrons. The first-order chi connectivity index (χ1) is 11.9. The van der Waals surface area contributed by atoms with Gasteiger partial charge in [0.05, 0.1) is 4.90 Å². The first kappa shape index (κ1) is 18.1. The van der Waals surface area contributed by atoms with Gasteiger partial charge in [0, 0.05) is 29.7 Å². The molecule has 0 heterocycles. The van der Waals surface area contributed by atoms with E-state index in [0.717, 1.165) is 18.4 Å². The molecule has 25 heavy (non-hydrogen) atoms. The summed E-state index contributed by atoms with van der Waals surface area (Å²) in [6.45, 7) is 0.294. The second-order valence-corrected chi connectivity index (χ2v) is 8.70. The summed E-state index contributed by atoms with van der Waals surface area (Å²) in [6.07, 6.45) is 1.75. The van der Waals surface area contributed by atoms with Crippen LogP contribution in [0.1, 0.15) is 28.8 Å². The van der Waals surface area contributed by atoms with Crippen molar-refractivity contribution in [2.45, 2.75) is 30.3 Å². The Kier molecular flexibility index (Phi) is 5.27. The highest BCUT2D eigenvalue weighted by molar-refractivity contribution is 9.10. The number of sulfonamides is 1. The third-order valence-electron chi connectivity index (χ3n) is 4.16. The molecule has 0 aliphatic heterocycles. The molecule has 1 fully saturated rings. The fraction of sp³-hybridized carbons (Fsp3) is 0.278. The normalized spacial score (nSPS) is 14.5. The minimum absolute atomic E-state index is 0.0377. The smallest absolute Gasteiger partial charge is 0.251 e. The van der Waals surface area contributed by atoms with Gasteiger partial charge in [0.25, 0.3) is 5.91 Å². The number of nitrogens with one attached hydrogen (secondary N) is 1. The lowest BCUT2D eigenvalue weighted by Crippen LogP contribution is -2.33. The van der Waals surface area contributed by atoms with Gasteiger partial charge in [-0.2, -0.15) is 4.31 Å². The average Bonchev–Trinajstić information content (AvgIpc) is 3.44. The van der Waals surface area contributed by atoms with Crippen LogP contribution in [-0.2, 0) is 16.6 Å². The molecule has 0 unspecified atom stereocenters. The van der Waals surface area contributed by atoms with Gasteiger partial charge in [-0.1, -0.05) is 24.3 Å². The molecule has 0 saturated heterocycles. The van der Waals surface area contributed by atoms with Crippen molar-refractivity contribution in [1.29, 1.82) is 0 Å². The monoisotopic (exact) mass is 422 g/mol. The van der Waals surface area contributed by atoms with E-state index in [0.29, 0.717) is 16.6 Å². The average molecular weight is 423 g/mol. The molecule has 1 aliphatic rings. The van der Waals surface area contributed by atoms with E-state index in [9.17, 15) is 13.2 Å². The summed E-state index contributed by atoms with van der Waals surface area (Å²) in [6, 6.07) is 13.9. The fourth-order valence-corrected chi connectivity index (χ4v) is 5.28. The van der Waals surface area contributed by atoms with Gasteiger partial charge >= 0.3 is 0 Å². The number of hydrogen-bond acceptors (Lipinski definition) is 3. The van der Waals surface area contributed by atoms with Crippen LogP contribution in [0.3, 0.4) is 0 Å². The van der Waals surface area contributed by atoms with Crippen molar-refractivity contribution in [3.05, 3.63) is 64.1 Å². The Labute approximate surface area is 156 Å². The van der Waals surface area contributed by atoms with E-state index in [2.05, 4.69) is 21.2 Å². The summed E-state index contributed by atoms with van der Waals surface area (Å²) in [5, 5.41) is 2.57. The number of amides is 1. The van der Waals surface area contributed by atoms with Crippen molar-refractivity contribution in [1.82, 2.24) is 9.62 Å². The highest BCUT2D eigenvalue weighted by Crippen LogP contribution is 2.35. The van der Waals surface area contributed by atoms with Crippen LogP contribution in [-0.4, -0.2) is 31.7 Å². The molecule has 0 atom stereocenters. The van der Waals surface area contributed by atoms with E-state index in [4.69, 9.17) is 0 Å². The molecular formula is C18H19BrN2O3S. The molecular weight excluding hydrogens is 404 g/mol. The number of carbonyl (C=O) groups is 1. The number of hydrogen-bond donors (Lipinski definition) is 1. The van der Waals surface area contributed by atoms with Gasteiger partial charge < -0.3 is 5.32 Å². The number of benzene rings is 2. The maximum atomic E-state index is 13.1. The van der Waals surface area contributed by atoms with Crippen molar-refractivity contribution in [2.24, 2.45) is 0 Å². The maximum Gasteiger partial charge on any atom is 0.251 e. The van der Waals surface area contributed by atoms with Crippen LogP contribution in [0.4, 0.5) is 0 Å². The van der Waals surface area contributed by atoms with E-state index < -0.39 is 10.0 Å². The second-order valence-electron chi connectivity index (χ2n) is 5.99. The molecule has 1 aliphatic carbocycles. The van der Waals surface area contributed by atoms with E-state index in [-0.39, 0.29) is 16.8 Å². The molecule has 2 aromatic carbocycles. The van der Waals surface area contributed by atoms with Crippen LogP contribution < -0.4 is 5.32 Å². The maximum absolute atomic E-state index is 13.1. The summed E-state index contributed by atoms with van der Waals surface area (Å²) in [4.78, 5) is 11.9. The van der Waals surface area contributed by atoms with Crippen LogP contribution in [0.25, 0.3) is 0 Å². The quantitative estimate of drug-likeness (QED) is 0.777. The zero-order chi connectivity index (χ0) is 18.0. The van der Waals surface area contributed by atoms with Crippen LogP contribution in [0.5, 0.6) is 0 Å². The summed E-state index contributed by atoms with van der Waals surface area (Å²) in [5.74, 6) is -0.161. The first-order valence-electron chi connectivity index (χ1n) is 8.01. The number of carbonyl (C=O) groups excluding carboxylic acids is 1. The number of nitrogens with zero attached hydrogens (tertiary/aromatic N) is 1. The third kappa shape index (κ3) is 3.94. The standard InChI is InChI=1S/C18H19BrN2O3S/c1-20-18(22)14-8-6-13(7-9-14)12-21(15-10-11-15)25(23,24)17-5-3-2-4-16(17)19/h2-9,15H,10-12H2,1H3,(H,20,22). The van der Waals surface area contributed by atoms with Crippen LogP contribution in [0.15, 0.2) is 57.9 Å². The Balaban J connectivity index is 1.87. The lowest BCUT2D eigenvalue weighted by Gasteiger charge is -2.22. The van der Waals surface area contributed by atoms with Crippen LogP contribution >= 0.6 is 15.9 Å². The van der Waals surface area contributed by atoms with Crippen LogP contribution in [0.2, 0.25) is 0 Å². The fourth-order valence-electron chi connectivity index (χ4n) is 2.64. The van der Waals surface area contributed by atoms with Crippen molar-refractivity contribution < 1.29 is 13.2 Å². The van der Waals surface area contributed by atoms with Crippen molar-refractivity contribution in [3.8, 4) is 0 Å². The topological polar surface area (TPSA) is 66.5 Å². The molecule has 1 N–H and O–H groups in total. The van der Waals surface area contributed by atoms with Gasteiger partial charge in [-0.05, 0) is 58.6 Å². The molecule has 2 aromatic rings. The summed E-state index contributed by atoms with van der Waals surface area (Å²) < 4.78 is 28.3. The summed E-state index contributed by atoms with van der Waals surface area (Å²) >= 11 is 3.34. The number of halogens is 1. The Morgan fingerprint density at radius 1 is 1.16 bits per heavy atom. The van der Waals surface area contributed by atoms with E-state index in [1.165, 1.54) is 0 Å². The molecule has 0 spiro atoms. The van der Waals surface area contributed by atoms with Gasteiger partial charge in [-0.3, -0.25) is 4.79 Å². The number of rotatable bonds is 6. The minimum atomic E-state index is -3.59. The lowest BCUT2D eigenvalue weighted by atomic mass is 10.1. The molecule has 0 bridgehead atoms. The molecule has 1 saturated carbocycles. The van der Waals surface area contributed by atoms with Gasteiger partial charge in [0.1, 0.15) is 0 Å². The van der Waals surface area contributed by atoms with E-state index in [1.54, 1.807) is 59.9 Å². The highest BCUT2D eigenvalue weighted by atomic mass is 79.9. The van der Waals surface area contributed by atoms with E-state index >= 15 is 0 Å². The largest absolute Gasteiger partial charge is 0.355 e. The first-order valence-corrected chi connectivity index (χ1v) is 10.2. The van der Waals surface area contributed by atoms with Gasteiger partial charge in [0.15, 0.2) is 0 Å². The predicted molar refractivity (Wildman–Crippen MR) is 99.7 cm³/mol. The Bertz CT molecular complexity index is 877. The third-order valence-corrected chi connectivity index (χ3v) is 7.07. The molecule has 1 amide bonds. The zero-order valence-electron chi connectivity index (χ0n) is 13.8. The molecule has 3 rings (SSSR count). The Morgan fingerprint density at radius 3 is 2.36 bits per heavy atom. The SMILES string of the molecule is CNC(=O)c1ccc(CN(C2CC2)S(=O)(=O)c2ccccc2Br)cc1.